The molecule has 0 bridgehead atoms. The third kappa shape index (κ3) is 2.08. The summed E-state index contributed by atoms with van der Waals surface area (Å²) in [6.07, 6.45) is 5.95. The Balaban J connectivity index is 2.33. The molecule has 0 radical (unpaired) electrons. The first-order valence-electron chi connectivity index (χ1n) is 4.74. The molecule has 15 heavy (non-hydrogen) atoms. The molecule has 0 unspecified atom stereocenters. The maximum atomic E-state index is 5.26. The SMILES string of the molecule is C#CCc1ccc(-c2ncsc2C)cc1. The van der Waals surface area contributed by atoms with Gasteiger partial charge < -0.3 is 0 Å². The smallest absolute Gasteiger partial charge is 0.0840 e. The highest BCUT2D eigenvalue weighted by Crippen LogP contribution is 2.24. The van der Waals surface area contributed by atoms with Gasteiger partial charge in [-0.2, -0.15) is 0 Å². The molecule has 2 rings (SSSR count). The Bertz CT molecular complexity index is 488. The summed E-state index contributed by atoms with van der Waals surface area (Å²) >= 11 is 1.67. The first kappa shape index (κ1) is 9.95. The van der Waals surface area contributed by atoms with Crippen LogP contribution in [0.5, 0.6) is 0 Å². The topological polar surface area (TPSA) is 12.9 Å². The monoisotopic (exact) mass is 213 g/mol. The van der Waals surface area contributed by atoms with Crippen molar-refractivity contribution >= 4 is 11.3 Å². The Morgan fingerprint density at radius 2 is 2.07 bits per heavy atom. The van der Waals surface area contributed by atoms with Crippen LogP contribution in [-0.4, -0.2) is 4.98 Å². The van der Waals surface area contributed by atoms with E-state index in [1.807, 2.05) is 5.51 Å². The second kappa shape index (κ2) is 4.29. The third-order valence-electron chi connectivity index (χ3n) is 2.28. The van der Waals surface area contributed by atoms with Gasteiger partial charge in [0, 0.05) is 16.9 Å². The maximum absolute atomic E-state index is 5.26. The van der Waals surface area contributed by atoms with Gasteiger partial charge in [-0.25, -0.2) is 4.98 Å². The molecular formula is C13H11NS. The van der Waals surface area contributed by atoms with Crippen LogP contribution in [0.3, 0.4) is 0 Å². The van der Waals surface area contributed by atoms with Gasteiger partial charge in [-0.05, 0) is 12.5 Å². The lowest BCUT2D eigenvalue weighted by atomic mass is 10.1. The van der Waals surface area contributed by atoms with Crippen molar-refractivity contribution < 1.29 is 0 Å². The number of thiazole rings is 1. The van der Waals surface area contributed by atoms with Gasteiger partial charge in [0.15, 0.2) is 0 Å². The molecule has 1 aromatic carbocycles. The minimum atomic E-state index is 0.691. The molecule has 0 spiro atoms. The van der Waals surface area contributed by atoms with E-state index in [0.29, 0.717) is 6.42 Å². The largest absolute Gasteiger partial charge is 0.244 e. The number of terminal acetylenes is 1. The van der Waals surface area contributed by atoms with Crippen molar-refractivity contribution in [1.29, 1.82) is 0 Å². The van der Waals surface area contributed by atoms with Crippen molar-refractivity contribution in [1.82, 2.24) is 4.98 Å². The molecule has 0 amide bonds. The van der Waals surface area contributed by atoms with E-state index >= 15 is 0 Å². The summed E-state index contributed by atoms with van der Waals surface area (Å²) in [7, 11) is 0. The van der Waals surface area contributed by atoms with Gasteiger partial charge in [-0.15, -0.1) is 23.7 Å². The van der Waals surface area contributed by atoms with Gasteiger partial charge in [0.1, 0.15) is 0 Å². The van der Waals surface area contributed by atoms with Crippen LogP contribution in [0.25, 0.3) is 11.3 Å². The molecule has 0 N–H and O–H groups in total. The van der Waals surface area contributed by atoms with Crippen LogP contribution in [0.4, 0.5) is 0 Å². The normalized spacial score (nSPS) is 9.87. The quantitative estimate of drug-likeness (QED) is 0.697. The van der Waals surface area contributed by atoms with Gasteiger partial charge in [-0.3, -0.25) is 0 Å². The Morgan fingerprint density at radius 3 is 2.60 bits per heavy atom. The fraction of sp³-hybridized carbons (Fsp3) is 0.154. The van der Waals surface area contributed by atoms with Crippen LogP contribution in [-0.2, 0) is 6.42 Å². The van der Waals surface area contributed by atoms with E-state index in [0.717, 1.165) is 11.3 Å². The summed E-state index contributed by atoms with van der Waals surface area (Å²) in [6.45, 7) is 2.09. The van der Waals surface area contributed by atoms with E-state index < -0.39 is 0 Å². The van der Waals surface area contributed by atoms with Crippen LogP contribution in [0.1, 0.15) is 10.4 Å². The van der Waals surface area contributed by atoms with Crippen LogP contribution >= 0.6 is 11.3 Å². The average molecular weight is 213 g/mol. The van der Waals surface area contributed by atoms with Crippen molar-refractivity contribution in [3.63, 3.8) is 0 Å². The van der Waals surface area contributed by atoms with Crippen LogP contribution < -0.4 is 0 Å². The molecule has 1 aromatic heterocycles. The zero-order chi connectivity index (χ0) is 10.7. The highest BCUT2D eigenvalue weighted by molar-refractivity contribution is 7.10. The molecule has 2 aromatic rings. The summed E-state index contributed by atoms with van der Waals surface area (Å²) < 4.78 is 0. The number of hydrogen-bond acceptors (Lipinski definition) is 2. The van der Waals surface area contributed by atoms with Crippen LogP contribution in [0.15, 0.2) is 29.8 Å². The summed E-state index contributed by atoms with van der Waals surface area (Å²) in [5.41, 5.74) is 5.29. The molecule has 0 aliphatic heterocycles. The van der Waals surface area contributed by atoms with Gasteiger partial charge in [-0.1, -0.05) is 24.3 Å². The Labute approximate surface area is 93.8 Å². The highest BCUT2D eigenvalue weighted by Gasteiger charge is 2.03. The molecular weight excluding hydrogens is 202 g/mol. The Kier molecular flexibility index (Phi) is 2.84. The predicted molar refractivity (Wildman–Crippen MR) is 64.8 cm³/mol. The summed E-state index contributed by atoms with van der Waals surface area (Å²) in [4.78, 5) is 5.59. The van der Waals surface area contributed by atoms with Crippen LogP contribution in [0.2, 0.25) is 0 Å². The zero-order valence-corrected chi connectivity index (χ0v) is 9.34. The van der Waals surface area contributed by atoms with Crippen molar-refractivity contribution in [2.24, 2.45) is 0 Å². The summed E-state index contributed by atoms with van der Waals surface area (Å²) in [5, 5.41) is 0. The molecule has 2 heteroatoms. The van der Waals surface area contributed by atoms with E-state index in [2.05, 4.69) is 42.1 Å². The number of aryl methyl sites for hydroxylation is 1. The minimum absolute atomic E-state index is 0.691. The van der Waals surface area contributed by atoms with Gasteiger partial charge in [0.25, 0.3) is 0 Å². The molecule has 0 aliphatic carbocycles. The Hall–Kier alpha value is -1.59. The number of aromatic nitrogens is 1. The lowest BCUT2D eigenvalue weighted by molar-refractivity contribution is 1.31. The fourth-order valence-electron chi connectivity index (χ4n) is 1.48. The number of hydrogen-bond donors (Lipinski definition) is 0. The van der Waals surface area contributed by atoms with Crippen molar-refractivity contribution in [2.45, 2.75) is 13.3 Å². The lowest BCUT2D eigenvalue weighted by Gasteiger charge is -2.00. The highest BCUT2D eigenvalue weighted by atomic mass is 32.1. The van der Waals surface area contributed by atoms with E-state index in [4.69, 9.17) is 6.42 Å². The maximum Gasteiger partial charge on any atom is 0.0840 e. The first-order chi connectivity index (χ1) is 7.31. The molecule has 74 valence electrons. The fourth-order valence-corrected chi connectivity index (χ4v) is 2.08. The number of benzene rings is 1. The predicted octanol–water partition coefficient (Wildman–Crippen LogP) is 3.29. The second-order valence-electron chi connectivity index (χ2n) is 3.33. The lowest BCUT2D eigenvalue weighted by Crippen LogP contribution is -1.83. The van der Waals surface area contributed by atoms with Gasteiger partial charge in [0.05, 0.1) is 11.2 Å². The Morgan fingerprint density at radius 1 is 1.33 bits per heavy atom. The first-order valence-corrected chi connectivity index (χ1v) is 5.62. The molecule has 0 fully saturated rings. The third-order valence-corrected chi connectivity index (χ3v) is 3.04. The van der Waals surface area contributed by atoms with E-state index in [1.54, 1.807) is 11.3 Å². The summed E-state index contributed by atoms with van der Waals surface area (Å²) in [6, 6.07) is 8.28. The molecule has 0 aliphatic rings. The van der Waals surface area contributed by atoms with Gasteiger partial charge in [0.2, 0.25) is 0 Å². The number of rotatable bonds is 2. The standard InChI is InChI=1S/C13H11NS/c1-3-4-11-5-7-12(8-6-11)13-10(2)15-9-14-13/h1,5-9H,4H2,2H3. The van der Waals surface area contributed by atoms with E-state index in [9.17, 15) is 0 Å². The molecule has 0 saturated heterocycles. The molecule has 0 saturated carbocycles. The number of nitrogens with zero attached hydrogens (tertiary/aromatic N) is 1. The minimum Gasteiger partial charge on any atom is -0.244 e. The van der Waals surface area contributed by atoms with E-state index in [1.165, 1.54) is 10.4 Å². The molecule has 0 atom stereocenters. The molecule has 1 nitrogen and oxygen atoms in total. The second-order valence-corrected chi connectivity index (χ2v) is 4.39. The van der Waals surface area contributed by atoms with Crippen molar-refractivity contribution in [3.8, 4) is 23.6 Å². The summed E-state index contributed by atoms with van der Waals surface area (Å²) in [5.74, 6) is 2.64. The zero-order valence-electron chi connectivity index (χ0n) is 8.53. The van der Waals surface area contributed by atoms with Crippen LogP contribution in [0, 0.1) is 19.3 Å². The molecule has 1 heterocycles. The average Bonchev–Trinajstić information content (AvgIpc) is 2.66. The van der Waals surface area contributed by atoms with Crippen molar-refractivity contribution in [3.05, 3.63) is 40.2 Å². The van der Waals surface area contributed by atoms with Crippen molar-refractivity contribution in [2.75, 3.05) is 0 Å². The van der Waals surface area contributed by atoms with E-state index in [-0.39, 0.29) is 0 Å². The van der Waals surface area contributed by atoms with Gasteiger partial charge >= 0.3 is 0 Å².